The predicted octanol–water partition coefficient (Wildman–Crippen LogP) is 7.08. The summed E-state index contributed by atoms with van der Waals surface area (Å²) in [6.07, 6.45) is 11.7. The van der Waals surface area contributed by atoms with Gasteiger partial charge in [-0.15, -0.1) is 0 Å². The SMILES string of the molecule is ClC1=CC(c2ccc([Si](c3ccccc3)(c3ccccc3)c3ccccc3)cc2)N=C(n2c3c(c4ccccc42)C=CCC=C3)N1. The summed E-state index contributed by atoms with van der Waals surface area (Å²) in [7, 11) is -2.60. The average Bonchev–Trinajstić information content (AvgIpc) is 3.23. The molecule has 1 aromatic heterocycles. The molecule has 46 heavy (non-hydrogen) atoms. The van der Waals surface area contributed by atoms with Crippen molar-refractivity contribution in [3.63, 3.8) is 0 Å². The van der Waals surface area contributed by atoms with E-state index in [1.54, 1.807) is 0 Å². The van der Waals surface area contributed by atoms with Crippen molar-refractivity contribution < 1.29 is 0 Å². The van der Waals surface area contributed by atoms with Crippen molar-refractivity contribution in [2.75, 3.05) is 0 Å². The first-order chi connectivity index (χ1) is 22.7. The van der Waals surface area contributed by atoms with Gasteiger partial charge < -0.3 is 5.32 Å². The van der Waals surface area contributed by atoms with E-state index in [2.05, 4.69) is 174 Å². The second kappa shape index (κ2) is 12.0. The molecule has 0 spiro atoms. The van der Waals surface area contributed by atoms with E-state index < -0.39 is 8.07 Å². The quantitative estimate of drug-likeness (QED) is 0.123. The van der Waals surface area contributed by atoms with Gasteiger partial charge in [0.25, 0.3) is 0 Å². The Balaban J connectivity index is 1.26. The van der Waals surface area contributed by atoms with E-state index in [9.17, 15) is 0 Å². The van der Waals surface area contributed by atoms with Crippen molar-refractivity contribution in [2.24, 2.45) is 4.99 Å². The number of rotatable bonds is 5. The van der Waals surface area contributed by atoms with Gasteiger partial charge in [0.05, 0.1) is 11.2 Å². The lowest BCUT2D eigenvalue weighted by Crippen LogP contribution is -2.74. The zero-order valence-electron chi connectivity index (χ0n) is 25.2. The van der Waals surface area contributed by atoms with E-state index in [-0.39, 0.29) is 6.04 Å². The number of nitrogens with zero attached hydrogens (tertiary/aromatic N) is 2. The largest absolute Gasteiger partial charge is 0.316 e. The zero-order valence-corrected chi connectivity index (χ0v) is 27.0. The summed E-state index contributed by atoms with van der Waals surface area (Å²) in [6.45, 7) is 0. The highest BCUT2D eigenvalue weighted by Crippen LogP contribution is 2.32. The van der Waals surface area contributed by atoms with E-state index in [4.69, 9.17) is 16.6 Å². The molecule has 0 saturated heterocycles. The van der Waals surface area contributed by atoms with Gasteiger partial charge in [0.2, 0.25) is 5.96 Å². The molecular weight excluding hydrogens is 598 g/mol. The van der Waals surface area contributed by atoms with Crippen LogP contribution in [0.5, 0.6) is 0 Å². The fraction of sp³-hybridized carbons (Fsp3) is 0.0488. The summed E-state index contributed by atoms with van der Waals surface area (Å²) in [6, 6.07) is 50.4. The van der Waals surface area contributed by atoms with Crippen molar-refractivity contribution in [1.29, 1.82) is 0 Å². The standard InChI is InChI=1S/C41H32ClN3Si/c42-40-29-37(43-41(44-40)45-38-23-12-4-11-21-35(38)36-22-13-14-24-39(36)45)30-25-27-34(28-26-30)46(31-15-5-1-6-16-31,32-17-7-2-8-18-32)33-19-9-3-10-20-33/h1-3,5-29,37H,4H2,(H,43,44). The van der Waals surface area contributed by atoms with Crippen LogP contribution in [-0.2, 0) is 0 Å². The van der Waals surface area contributed by atoms with Crippen LogP contribution in [0.25, 0.3) is 23.1 Å². The van der Waals surface area contributed by atoms with Crippen molar-refractivity contribution in [2.45, 2.75) is 12.5 Å². The van der Waals surface area contributed by atoms with Gasteiger partial charge in [0.1, 0.15) is 11.2 Å². The Morgan fingerprint density at radius 3 is 1.80 bits per heavy atom. The molecule has 1 unspecified atom stereocenters. The highest BCUT2D eigenvalue weighted by atomic mass is 35.5. The molecule has 1 aliphatic carbocycles. The number of hydrogen-bond donors (Lipinski definition) is 1. The monoisotopic (exact) mass is 629 g/mol. The Hall–Kier alpha value is -5.16. The molecule has 0 bridgehead atoms. The third-order valence-electron chi connectivity index (χ3n) is 9.10. The summed E-state index contributed by atoms with van der Waals surface area (Å²) in [4.78, 5) is 5.26. The topological polar surface area (TPSA) is 29.3 Å². The van der Waals surface area contributed by atoms with Gasteiger partial charge in [-0.05, 0) is 50.9 Å². The number of para-hydroxylation sites is 1. The van der Waals surface area contributed by atoms with E-state index in [0.29, 0.717) is 5.16 Å². The lowest BCUT2D eigenvalue weighted by molar-refractivity contribution is 0.838. The molecule has 5 aromatic carbocycles. The Kier molecular flexibility index (Phi) is 7.37. The van der Waals surface area contributed by atoms with Crippen LogP contribution in [0.15, 0.2) is 168 Å². The Labute approximate surface area is 275 Å². The molecule has 8 rings (SSSR count). The van der Waals surface area contributed by atoms with Crippen LogP contribution < -0.4 is 26.1 Å². The third kappa shape index (κ3) is 4.78. The summed E-state index contributed by atoms with van der Waals surface area (Å²) in [5.74, 6) is 0.723. The minimum Gasteiger partial charge on any atom is -0.316 e. The highest BCUT2D eigenvalue weighted by molar-refractivity contribution is 7.19. The molecule has 6 aromatic rings. The smallest absolute Gasteiger partial charge is 0.209 e. The Morgan fingerprint density at radius 2 is 1.17 bits per heavy atom. The minimum absolute atomic E-state index is 0.235. The molecule has 5 heteroatoms. The fourth-order valence-electron chi connectivity index (χ4n) is 7.06. The van der Waals surface area contributed by atoms with Gasteiger partial charge in [-0.3, -0.25) is 4.57 Å². The van der Waals surface area contributed by atoms with Crippen LogP contribution >= 0.6 is 11.6 Å². The second-order valence-corrected chi connectivity index (χ2v) is 15.9. The summed E-state index contributed by atoms with van der Waals surface area (Å²) < 4.78 is 2.20. The van der Waals surface area contributed by atoms with E-state index in [1.165, 1.54) is 31.7 Å². The number of benzene rings is 5. The summed E-state index contributed by atoms with van der Waals surface area (Å²) in [5.41, 5.74) is 4.49. The average molecular weight is 630 g/mol. The Morgan fingerprint density at radius 1 is 0.630 bits per heavy atom. The molecule has 1 aliphatic heterocycles. The van der Waals surface area contributed by atoms with Crippen molar-refractivity contribution in [3.8, 4) is 0 Å². The molecule has 1 N–H and O–H groups in total. The number of hydrogen-bond acceptors (Lipinski definition) is 2. The predicted molar refractivity (Wildman–Crippen MR) is 197 cm³/mol. The van der Waals surface area contributed by atoms with Gasteiger partial charge >= 0.3 is 0 Å². The summed E-state index contributed by atoms with van der Waals surface area (Å²) >= 11 is 6.81. The fourth-order valence-corrected chi connectivity index (χ4v) is 12.0. The molecule has 3 nitrogen and oxygen atoms in total. The first-order valence-corrected chi connectivity index (χ1v) is 18.1. The molecule has 0 saturated carbocycles. The van der Waals surface area contributed by atoms with E-state index in [0.717, 1.165) is 29.2 Å². The minimum atomic E-state index is -2.60. The van der Waals surface area contributed by atoms with Gasteiger partial charge in [-0.1, -0.05) is 163 Å². The maximum atomic E-state index is 6.81. The first-order valence-electron chi connectivity index (χ1n) is 15.7. The van der Waals surface area contributed by atoms with E-state index in [1.807, 2.05) is 6.08 Å². The normalized spacial score (nSPS) is 15.9. The molecule has 222 valence electrons. The number of aromatic nitrogens is 1. The van der Waals surface area contributed by atoms with Gasteiger partial charge in [-0.2, -0.15) is 0 Å². The van der Waals surface area contributed by atoms with Gasteiger partial charge in [0, 0.05) is 10.9 Å². The number of fused-ring (bicyclic) bond motifs is 3. The molecule has 2 aliphatic rings. The van der Waals surface area contributed by atoms with Crippen LogP contribution in [-0.4, -0.2) is 18.6 Å². The molecular formula is C41H32ClN3Si. The van der Waals surface area contributed by atoms with Crippen LogP contribution in [0.1, 0.15) is 29.3 Å². The third-order valence-corrected chi connectivity index (χ3v) is 14.1. The van der Waals surface area contributed by atoms with Crippen LogP contribution in [0.2, 0.25) is 0 Å². The van der Waals surface area contributed by atoms with Gasteiger partial charge in [-0.25, -0.2) is 4.99 Å². The van der Waals surface area contributed by atoms with Crippen molar-refractivity contribution in [1.82, 2.24) is 9.88 Å². The zero-order chi connectivity index (χ0) is 30.9. The number of halogens is 1. The maximum absolute atomic E-state index is 6.81. The number of allylic oxidation sites excluding steroid dienone is 2. The van der Waals surface area contributed by atoms with Gasteiger partial charge in [0.15, 0.2) is 8.07 Å². The first kappa shape index (κ1) is 28.3. The lowest BCUT2D eigenvalue weighted by atomic mass is 10.1. The van der Waals surface area contributed by atoms with Crippen LogP contribution in [0, 0.1) is 0 Å². The van der Waals surface area contributed by atoms with Crippen molar-refractivity contribution in [3.05, 3.63) is 180 Å². The lowest BCUT2D eigenvalue weighted by Gasteiger charge is -2.34. The molecule has 0 fully saturated rings. The van der Waals surface area contributed by atoms with Crippen molar-refractivity contribution >= 4 is 69.4 Å². The Bertz CT molecular complexity index is 2050. The van der Waals surface area contributed by atoms with E-state index >= 15 is 0 Å². The van der Waals surface area contributed by atoms with Crippen LogP contribution in [0.4, 0.5) is 0 Å². The van der Waals surface area contributed by atoms with Crippen LogP contribution in [0.3, 0.4) is 0 Å². The number of nitrogens with one attached hydrogen (secondary N) is 1. The summed E-state index contributed by atoms with van der Waals surface area (Å²) in [5, 5.41) is 10.5. The molecule has 1 atom stereocenters. The highest BCUT2D eigenvalue weighted by Gasteiger charge is 2.41. The molecule has 0 radical (unpaired) electrons. The molecule has 0 amide bonds. The molecule has 2 heterocycles. The second-order valence-electron chi connectivity index (χ2n) is 11.7. The maximum Gasteiger partial charge on any atom is 0.209 e. The number of aliphatic imine (C=N–C) groups is 1.